The van der Waals surface area contributed by atoms with Crippen molar-refractivity contribution < 1.29 is 154 Å². The third-order valence-corrected chi connectivity index (χ3v) is 26.5. The summed E-state index contributed by atoms with van der Waals surface area (Å²) < 4.78 is 92.0. The summed E-state index contributed by atoms with van der Waals surface area (Å²) in [5.74, 6) is -2.76. The Balaban J connectivity index is 0.000000150. The monoisotopic (exact) mass is 2090 g/mol. The molecule has 0 atom stereocenters. The fourth-order valence-corrected chi connectivity index (χ4v) is 18.6. The van der Waals surface area contributed by atoms with Gasteiger partial charge in [-0.25, -0.2) is 47.2 Å². The van der Waals surface area contributed by atoms with E-state index in [1.165, 1.54) is 116 Å². The molecule has 0 unspecified atom stereocenters. The maximum Gasteiger partial charge on any atom is 1.00 e. The fraction of sp³-hybridized carbons (Fsp3) is 0.299. The number of thiazole rings is 4. The van der Waals surface area contributed by atoms with Crippen molar-refractivity contribution >= 4 is 114 Å². The number of carboxylic acid groups (broad SMARTS) is 1. The van der Waals surface area contributed by atoms with E-state index in [-0.39, 0.29) is 160 Å². The van der Waals surface area contributed by atoms with Gasteiger partial charge in [-0.1, -0.05) is 12.1 Å². The maximum atomic E-state index is 14.6. The van der Waals surface area contributed by atoms with Crippen molar-refractivity contribution in [3.8, 4) is 87.8 Å². The van der Waals surface area contributed by atoms with Gasteiger partial charge in [0.15, 0.2) is 25.1 Å². The van der Waals surface area contributed by atoms with Gasteiger partial charge in [0.25, 0.3) is 30.1 Å². The number of aromatic nitrogens is 24. The summed E-state index contributed by atoms with van der Waals surface area (Å²) in [7, 11) is -9.29. The van der Waals surface area contributed by atoms with Gasteiger partial charge in [0.1, 0.15) is 77.0 Å². The number of ether oxygens (including phenoxy) is 4. The Bertz CT molecular complexity index is 6620. The number of hydrogen-bond acceptors (Lipinski definition) is 33. The molecular weight excluding hydrogens is 2000 g/mol. The van der Waals surface area contributed by atoms with Gasteiger partial charge in [-0.3, -0.25) is 81.9 Å². The number of halogens is 2. The zero-order valence-corrected chi connectivity index (χ0v) is 86.1. The van der Waals surface area contributed by atoms with E-state index in [1.807, 2.05) is 85.9 Å². The number of rotatable bonds is 34. The molecule has 734 valence electrons. The molecule has 0 aromatic carbocycles. The van der Waals surface area contributed by atoms with E-state index >= 15 is 0 Å². The van der Waals surface area contributed by atoms with E-state index in [4.69, 9.17) is 58.6 Å². The number of nitrogens with zero attached hydrogens (tertiary/aromatic N) is 22. The quantitative estimate of drug-likeness (QED) is 0.0103. The number of nitrogens with one attached hydrogen (secondary N) is 6. The number of pyridine rings is 4. The second-order valence-corrected chi connectivity index (χ2v) is 37.4. The zero-order chi connectivity index (χ0) is 98.9. The smallest absolute Gasteiger partial charge is 0.483 e. The maximum absolute atomic E-state index is 14.6. The molecule has 46 nitrogen and oxygen atoms in total. The van der Waals surface area contributed by atoms with Gasteiger partial charge in [-0.15, -0.1) is 45.3 Å². The minimum Gasteiger partial charge on any atom is -0.483 e. The van der Waals surface area contributed by atoms with E-state index in [0.29, 0.717) is 104 Å². The Morgan fingerprint density at radius 2 is 0.713 bits per heavy atom. The van der Waals surface area contributed by atoms with Crippen molar-refractivity contribution in [2.24, 2.45) is 0 Å². The van der Waals surface area contributed by atoms with Crippen molar-refractivity contribution in [1.82, 2.24) is 119 Å². The summed E-state index contributed by atoms with van der Waals surface area (Å²) >= 11 is 5.16. The molecule has 16 heterocycles. The number of phosphoric ester groups is 2. The van der Waals surface area contributed by atoms with Crippen molar-refractivity contribution in [3.63, 3.8) is 0 Å². The third-order valence-electron chi connectivity index (χ3n) is 22.0. The molecule has 4 aliphatic rings. The first-order valence-corrected chi connectivity index (χ1v) is 50.3. The van der Waals surface area contributed by atoms with Crippen molar-refractivity contribution in [1.29, 1.82) is 0 Å². The van der Waals surface area contributed by atoms with Crippen molar-refractivity contribution in [2.75, 3.05) is 47.7 Å². The first-order chi connectivity index (χ1) is 68.2. The van der Waals surface area contributed by atoms with Crippen LogP contribution < -0.4 is 80.4 Å². The van der Waals surface area contributed by atoms with Gasteiger partial charge in [-0.05, 0) is 128 Å². The fourth-order valence-electron chi connectivity index (χ4n) is 14.9. The first-order valence-electron chi connectivity index (χ1n) is 43.7. The number of aromatic amines is 2. The van der Waals surface area contributed by atoms with Gasteiger partial charge < -0.3 is 64.9 Å². The molecule has 143 heavy (non-hydrogen) atoms. The minimum atomic E-state index is -4.64. The van der Waals surface area contributed by atoms with E-state index < -0.39 is 52.6 Å². The summed E-state index contributed by atoms with van der Waals surface area (Å²) in [5, 5.41) is 67.2. The Hall–Kier alpha value is -11.9. The summed E-state index contributed by atoms with van der Waals surface area (Å²) in [6.07, 6.45) is 33.6. The van der Waals surface area contributed by atoms with Gasteiger partial charge >= 0.3 is 74.8 Å². The Morgan fingerprint density at radius 3 is 0.986 bits per heavy atom. The SMILES string of the molecule is CCOC1CC(n2cc(NC(=O)c3csc(-c4cn[nH]c4)n3)c(-c3ccccn3)n2)C1.CCOC1CC(n2cc(NC(=O)c3csc(-c4cn[nH]c4)n3)c(-c3ccccn3)n2)C1.CCOC1CC(n2cc(NC(=O)c3csc(-c4cnn(COP(=O)(O)O)c4)n3)c(-c3ncccc3F)n2)C1.CCOC1CC(n2cc(NC(=O)c3csc(-c4cnn(COP(=O)(O)O)c4)n3)c(-c3ncccc3F)n2)C1.O=CO.[Na+].[Na+]. The average molecular weight is 2090 g/mol. The van der Waals surface area contributed by atoms with Gasteiger partial charge in [0.2, 0.25) is 0 Å². The molecule has 4 fully saturated rings. The molecule has 16 aromatic rings. The Kier molecular flexibility index (Phi) is 37.0. The standard InChI is InChI=1S/2C22H23FN7O6PS.2C21H21N7O2S.CH2O2.2Na/c2*1-2-35-15-6-14(7-15)30-10-17(20(28-30)19-16(23)4-3-5-24-19)26-21(31)18-11-38-22(27-18)13-8-25-29(9-13)12-36-37(32,33)34;2*1-2-30-15-7-14(8-15)28-11-17(19(27-28)16-5-3-4-6-22-16)25-20(29)18-12-31-21(26-18)13-9-23-24-10-13;2-1-3;;/h2*3-5,8-11,14-15H,2,6-7,12H2,1H3,(H,26,31)(H2,32,33,34);2*3-6,9-12,14-15H,2,7-8H2,1H3,(H,23,24)(H,25,29);1H,(H,2,3);;/q;;;;;2*+1. The summed E-state index contributed by atoms with van der Waals surface area (Å²) in [6.45, 7) is 9.41. The number of amides is 4. The molecule has 20 rings (SSSR count). The predicted molar refractivity (Wildman–Crippen MR) is 509 cm³/mol. The molecule has 4 aliphatic carbocycles. The molecular formula is C87H90F2N28Na2O18P2S4+2. The van der Waals surface area contributed by atoms with Crippen LogP contribution in [0.1, 0.15) is 145 Å². The van der Waals surface area contributed by atoms with Crippen LogP contribution in [0.15, 0.2) is 181 Å². The van der Waals surface area contributed by atoms with E-state index in [2.05, 4.69) is 111 Å². The van der Waals surface area contributed by atoms with Crippen molar-refractivity contribution in [2.45, 2.75) is 141 Å². The largest absolute Gasteiger partial charge is 1.00 e. The number of phosphoric acid groups is 2. The van der Waals surface area contributed by atoms with E-state index in [9.17, 15) is 37.1 Å². The normalized spacial score (nSPS) is 17.1. The molecule has 0 saturated heterocycles. The number of carbonyl (C=O) groups excluding carboxylic acids is 4. The van der Waals surface area contributed by atoms with Crippen LogP contribution in [-0.2, 0) is 55.4 Å². The third kappa shape index (κ3) is 27.6. The summed E-state index contributed by atoms with van der Waals surface area (Å²) in [4.78, 5) is 130. The van der Waals surface area contributed by atoms with Gasteiger partial charge in [0, 0.05) is 145 Å². The van der Waals surface area contributed by atoms with Crippen LogP contribution in [0, 0.1) is 11.6 Å². The molecule has 0 radical (unpaired) electrons. The van der Waals surface area contributed by atoms with Crippen LogP contribution in [0.3, 0.4) is 0 Å². The minimum absolute atomic E-state index is 0. The Labute approximate surface area is 871 Å². The molecule has 4 amide bonds. The number of H-pyrrole nitrogens is 2. The first kappa shape index (κ1) is 107. The van der Waals surface area contributed by atoms with E-state index in [1.54, 1.807) is 80.5 Å². The topological polar surface area (TPSA) is 592 Å². The number of anilines is 4. The second-order valence-electron chi connectivity index (χ2n) is 31.5. The number of hydrogen-bond donors (Lipinski definition) is 11. The Morgan fingerprint density at radius 1 is 0.420 bits per heavy atom. The number of carbonyl (C=O) groups is 5. The van der Waals surface area contributed by atoms with E-state index in [0.717, 1.165) is 72.5 Å². The van der Waals surface area contributed by atoms with Crippen LogP contribution in [0.2, 0.25) is 0 Å². The summed E-state index contributed by atoms with van der Waals surface area (Å²) in [6, 6.07) is 17.4. The average Bonchev–Trinajstić information content (AvgIpc) is 1.70. The van der Waals surface area contributed by atoms with Crippen LogP contribution in [0.4, 0.5) is 31.5 Å². The molecule has 0 spiro atoms. The summed E-state index contributed by atoms with van der Waals surface area (Å²) in [5.41, 5.74) is 8.63. The van der Waals surface area contributed by atoms with Crippen LogP contribution in [0.5, 0.6) is 0 Å². The van der Waals surface area contributed by atoms with Gasteiger partial charge in [-0.2, -0.15) is 40.8 Å². The second kappa shape index (κ2) is 49.6. The van der Waals surface area contributed by atoms with Crippen LogP contribution in [-0.4, -0.2) is 225 Å². The molecule has 56 heteroatoms. The van der Waals surface area contributed by atoms with Crippen LogP contribution >= 0.6 is 61.0 Å². The molecule has 16 aromatic heterocycles. The van der Waals surface area contributed by atoms with Crippen molar-refractivity contribution in [3.05, 3.63) is 216 Å². The van der Waals surface area contributed by atoms with Crippen LogP contribution in [0.25, 0.3) is 87.8 Å². The zero-order valence-electron chi connectivity index (χ0n) is 77.1. The molecule has 0 aliphatic heterocycles. The predicted octanol–water partition coefficient (Wildman–Crippen LogP) is 8.20. The molecule has 0 bridgehead atoms. The van der Waals surface area contributed by atoms with Gasteiger partial charge in [0.05, 0.1) is 108 Å². The molecule has 11 N–H and O–H groups in total. The molecule has 4 saturated carbocycles.